The van der Waals surface area contributed by atoms with E-state index in [0.29, 0.717) is 25.7 Å². The fraction of sp³-hybridized carbons (Fsp3) is 0.375. The first-order valence-corrected chi connectivity index (χ1v) is 7.40. The molecule has 2 aliphatic rings. The van der Waals surface area contributed by atoms with E-state index in [9.17, 15) is 22.8 Å². The lowest BCUT2D eigenvalue weighted by atomic mass is 10.0. The van der Waals surface area contributed by atoms with Gasteiger partial charge >= 0.3 is 5.97 Å². The normalized spacial score (nSPS) is 17.7. The maximum atomic E-state index is 14.8. The SMILES string of the molecule is O=C(O)c1cn(C2CC2)c2c(F)c(C3CC3)c(F)c(F)c2c1=O. The van der Waals surface area contributed by atoms with Crippen molar-refractivity contribution < 1.29 is 23.1 Å². The van der Waals surface area contributed by atoms with Crippen LogP contribution in [-0.4, -0.2) is 15.6 Å². The number of pyridine rings is 1. The monoisotopic (exact) mass is 323 g/mol. The van der Waals surface area contributed by atoms with Crippen molar-refractivity contribution in [3.8, 4) is 0 Å². The Morgan fingerprint density at radius 1 is 1.09 bits per heavy atom. The standard InChI is InChI=1S/C16H12F3NO3/c17-11-9(6-1-2-6)13(19)14-10(12(11)18)15(21)8(16(22)23)5-20(14)7-3-4-7/h5-7H,1-4H2,(H,22,23). The molecule has 23 heavy (non-hydrogen) atoms. The number of carboxylic acid groups (broad SMARTS) is 1. The summed E-state index contributed by atoms with van der Waals surface area (Å²) in [5.41, 5.74) is -2.52. The highest BCUT2D eigenvalue weighted by Crippen LogP contribution is 2.46. The van der Waals surface area contributed by atoms with Gasteiger partial charge in [-0.05, 0) is 31.6 Å². The average Bonchev–Trinajstić information content (AvgIpc) is 3.36. The summed E-state index contributed by atoms with van der Waals surface area (Å²) in [6.07, 6.45) is 3.53. The van der Waals surface area contributed by atoms with Crippen LogP contribution in [0, 0.1) is 17.5 Å². The molecule has 0 saturated heterocycles. The summed E-state index contributed by atoms with van der Waals surface area (Å²) in [6, 6.07) is -0.192. The van der Waals surface area contributed by atoms with Gasteiger partial charge in [0.05, 0.1) is 10.9 Å². The Balaban J connectivity index is 2.20. The van der Waals surface area contributed by atoms with Crippen molar-refractivity contribution in [1.82, 2.24) is 4.57 Å². The van der Waals surface area contributed by atoms with Crippen LogP contribution in [0.1, 0.15) is 53.6 Å². The summed E-state index contributed by atoms with van der Waals surface area (Å²) >= 11 is 0. The highest BCUT2D eigenvalue weighted by molar-refractivity contribution is 5.93. The Bertz CT molecular complexity index is 927. The topological polar surface area (TPSA) is 59.3 Å². The molecule has 4 rings (SSSR count). The second-order valence-corrected chi connectivity index (χ2v) is 6.17. The van der Waals surface area contributed by atoms with Crippen LogP contribution in [0.5, 0.6) is 0 Å². The van der Waals surface area contributed by atoms with E-state index in [2.05, 4.69) is 0 Å². The number of nitrogens with zero attached hydrogens (tertiary/aromatic N) is 1. The molecule has 1 N–H and O–H groups in total. The number of aromatic nitrogens is 1. The van der Waals surface area contributed by atoms with Crippen LogP contribution < -0.4 is 5.43 Å². The number of benzene rings is 1. The lowest BCUT2D eigenvalue weighted by Crippen LogP contribution is -2.21. The molecule has 2 aromatic rings. The Labute approximate surface area is 128 Å². The Kier molecular flexibility index (Phi) is 2.86. The van der Waals surface area contributed by atoms with Gasteiger partial charge in [0.25, 0.3) is 0 Å². The van der Waals surface area contributed by atoms with Crippen molar-refractivity contribution in [2.45, 2.75) is 37.6 Å². The summed E-state index contributed by atoms with van der Waals surface area (Å²) in [7, 11) is 0. The van der Waals surface area contributed by atoms with E-state index in [1.54, 1.807) is 0 Å². The Morgan fingerprint density at radius 3 is 2.26 bits per heavy atom. The van der Waals surface area contributed by atoms with Crippen molar-refractivity contribution in [3.63, 3.8) is 0 Å². The number of halogens is 3. The zero-order valence-corrected chi connectivity index (χ0v) is 11.9. The summed E-state index contributed by atoms with van der Waals surface area (Å²) in [5.74, 6) is -5.69. The molecule has 7 heteroatoms. The first-order valence-electron chi connectivity index (χ1n) is 7.40. The molecule has 1 aromatic carbocycles. The van der Waals surface area contributed by atoms with Gasteiger partial charge in [-0.2, -0.15) is 0 Å². The van der Waals surface area contributed by atoms with Crippen LogP contribution in [-0.2, 0) is 0 Å². The predicted molar refractivity (Wildman–Crippen MR) is 75.3 cm³/mol. The van der Waals surface area contributed by atoms with Gasteiger partial charge in [-0.15, -0.1) is 0 Å². The minimum Gasteiger partial charge on any atom is -0.477 e. The van der Waals surface area contributed by atoms with Gasteiger partial charge in [-0.3, -0.25) is 4.79 Å². The van der Waals surface area contributed by atoms with Crippen LogP contribution in [0.3, 0.4) is 0 Å². The van der Waals surface area contributed by atoms with Crippen molar-refractivity contribution in [1.29, 1.82) is 0 Å². The summed E-state index contributed by atoms with van der Waals surface area (Å²) in [4.78, 5) is 23.4. The largest absolute Gasteiger partial charge is 0.477 e. The van der Waals surface area contributed by atoms with Gasteiger partial charge < -0.3 is 9.67 Å². The van der Waals surface area contributed by atoms with Crippen molar-refractivity contribution >= 4 is 16.9 Å². The Morgan fingerprint density at radius 2 is 1.74 bits per heavy atom. The molecule has 0 unspecified atom stereocenters. The third kappa shape index (κ3) is 1.99. The quantitative estimate of drug-likeness (QED) is 0.882. The molecule has 1 aromatic heterocycles. The molecule has 1 heterocycles. The molecular formula is C16H12F3NO3. The highest BCUT2D eigenvalue weighted by atomic mass is 19.2. The van der Waals surface area contributed by atoms with Gasteiger partial charge in [0, 0.05) is 17.8 Å². The van der Waals surface area contributed by atoms with Crippen LogP contribution in [0.2, 0.25) is 0 Å². The zero-order chi connectivity index (χ0) is 16.5. The lowest BCUT2D eigenvalue weighted by Gasteiger charge is -2.15. The average molecular weight is 323 g/mol. The zero-order valence-electron chi connectivity index (χ0n) is 11.9. The molecule has 4 nitrogen and oxygen atoms in total. The number of carbonyl (C=O) groups is 1. The fourth-order valence-corrected chi connectivity index (χ4v) is 3.04. The second kappa shape index (κ2) is 4.59. The summed E-state index contributed by atoms with van der Waals surface area (Å²) in [5, 5.41) is 8.30. The predicted octanol–water partition coefficient (Wildman–Crippen LogP) is 3.33. The minimum absolute atomic E-state index is 0.192. The molecule has 0 atom stereocenters. The van der Waals surface area contributed by atoms with Crippen molar-refractivity contribution in [3.05, 3.63) is 45.0 Å². The van der Waals surface area contributed by atoms with E-state index in [1.807, 2.05) is 0 Å². The van der Waals surface area contributed by atoms with Crippen LogP contribution in [0.25, 0.3) is 10.9 Å². The van der Waals surface area contributed by atoms with Gasteiger partial charge in [-0.1, -0.05) is 0 Å². The van der Waals surface area contributed by atoms with Crippen molar-refractivity contribution in [2.24, 2.45) is 0 Å². The number of hydrogen-bond donors (Lipinski definition) is 1. The van der Waals surface area contributed by atoms with Gasteiger partial charge in [0.1, 0.15) is 5.56 Å². The number of fused-ring (bicyclic) bond motifs is 1. The molecule has 0 spiro atoms. The van der Waals surface area contributed by atoms with Gasteiger partial charge in [-0.25, -0.2) is 18.0 Å². The number of aromatic carboxylic acids is 1. The molecular weight excluding hydrogens is 311 g/mol. The second-order valence-electron chi connectivity index (χ2n) is 6.17. The van der Waals surface area contributed by atoms with Crippen LogP contribution in [0.15, 0.2) is 11.0 Å². The molecule has 0 bridgehead atoms. The first-order chi connectivity index (χ1) is 10.9. The van der Waals surface area contributed by atoms with E-state index >= 15 is 0 Å². The highest BCUT2D eigenvalue weighted by Gasteiger charge is 2.37. The van der Waals surface area contributed by atoms with Gasteiger partial charge in [0.2, 0.25) is 5.43 Å². The van der Waals surface area contributed by atoms with Crippen LogP contribution in [0.4, 0.5) is 13.2 Å². The van der Waals surface area contributed by atoms with E-state index < -0.39 is 39.8 Å². The molecule has 0 amide bonds. The van der Waals surface area contributed by atoms with E-state index in [1.165, 1.54) is 4.57 Å². The number of hydrogen-bond acceptors (Lipinski definition) is 2. The lowest BCUT2D eigenvalue weighted by molar-refractivity contribution is 0.0695. The summed E-state index contributed by atoms with van der Waals surface area (Å²) in [6.45, 7) is 0. The third-order valence-electron chi connectivity index (χ3n) is 4.48. The van der Waals surface area contributed by atoms with Gasteiger partial charge in [0.15, 0.2) is 17.5 Å². The Hall–Kier alpha value is -2.31. The minimum atomic E-state index is -1.54. The van der Waals surface area contributed by atoms with E-state index in [4.69, 9.17) is 5.11 Å². The fourth-order valence-electron chi connectivity index (χ4n) is 3.04. The number of carboxylic acids is 1. The molecule has 120 valence electrons. The molecule has 2 saturated carbocycles. The molecule has 0 aliphatic heterocycles. The maximum absolute atomic E-state index is 14.8. The number of rotatable bonds is 3. The first kappa shape index (κ1) is 14.3. The maximum Gasteiger partial charge on any atom is 0.341 e. The molecule has 2 aliphatic carbocycles. The summed E-state index contributed by atoms with van der Waals surface area (Å²) < 4.78 is 44.8. The molecule has 0 radical (unpaired) electrons. The molecule has 2 fully saturated rings. The third-order valence-corrected chi connectivity index (χ3v) is 4.48. The van der Waals surface area contributed by atoms with E-state index in [0.717, 1.165) is 6.20 Å². The van der Waals surface area contributed by atoms with Crippen molar-refractivity contribution in [2.75, 3.05) is 0 Å². The van der Waals surface area contributed by atoms with Crippen LogP contribution >= 0.6 is 0 Å². The van der Waals surface area contributed by atoms with E-state index in [-0.39, 0.29) is 23.0 Å². The smallest absolute Gasteiger partial charge is 0.341 e.